The number of anilines is 2. The summed E-state index contributed by atoms with van der Waals surface area (Å²) in [4.78, 5) is 27.2. The summed E-state index contributed by atoms with van der Waals surface area (Å²) in [6, 6.07) is 21.4. The molecule has 30 heavy (non-hydrogen) atoms. The number of hydrogen-bond donors (Lipinski definition) is 1. The summed E-state index contributed by atoms with van der Waals surface area (Å²) in [6.07, 6.45) is 0. The highest BCUT2D eigenvalue weighted by atomic mass is 79.9. The van der Waals surface area contributed by atoms with E-state index < -0.39 is 5.91 Å². The lowest BCUT2D eigenvalue weighted by molar-refractivity contribution is -0.118. The number of benzene rings is 3. The number of carbonyl (C=O) groups excluding carboxylic acids is 2. The number of amides is 2. The lowest BCUT2D eigenvalue weighted by atomic mass is 10.1. The first kappa shape index (κ1) is 21.9. The molecule has 0 unspecified atom stereocenters. The molecule has 0 saturated carbocycles. The predicted molar refractivity (Wildman–Crippen MR) is 124 cm³/mol. The molecule has 0 bridgehead atoms. The monoisotopic (exact) mass is 486 g/mol. The molecule has 2 amide bonds. The van der Waals surface area contributed by atoms with Gasteiger partial charge in [0.2, 0.25) is 0 Å². The number of ether oxygens (including phenoxy) is 1. The van der Waals surface area contributed by atoms with E-state index in [1.165, 1.54) is 0 Å². The van der Waals surface area contributed by atoms with Crippen LogP contribution in [-0.2, 0) is 4.79 Å². The maximum atomic E-state index is 13.2. The van der Waals surface area contributed by atoms with Crippen molar-refractivity contribution in [3.8, 4) is 5.75 Å². The molecule has 154 valence electrons. The Morgan fingerprint density at radius 1 is 1.03 bits per heavy atom. The summed E-state index contributed by atoms with van der Waals surface area (Å²) in [7, 11) is 0. The second-order valence-electron chi connectivity index (χ2n) is 6.34. The van der Waals surface area contributed by atoms with Crippen molar-refractivity contribution in [3.05, 3.63) is 87.9 Å². The van der Waals surface area contributed by atoms with Crippen LogP contribution in [0.3, 0.4) is 0 Å². The van der Waals surface area contributed by atoms with Gasteiger partial charge in [0.1, 0.15) is 5.75 Å². The molecule has 0 saturated heterocycles. The molecule has 3 aromatic carbocycles. The van der Waals surface area contributed by atoms with Crippen LogP contribution in [0.4, 0.5) is 11.4 Å². The molecule has 0 atom stereocenters. The SMILES string of the molecule is CCN(C(=O)c1ccccc1NC(=O)COc1ccc(Br)cc1Cl)c1ccccc1. The molecule has 0 aliphatic carbocycles. The molecule has 0 spiro atoms. The van der Waals surface area contributed by atoms with Crippen molar-refractivity contribution >= 4 is 50.7 Å². The van der Waals surface area contributed by atoms with Gasteiger partial charge in [-0.2, -0.15) is 0 Å². The van der Waals surface area contributed by atoms with Crippen molar-refractivity contribution in [2.45, 2.75) is 6.92 Å². The third-order valence-electron chi connectivity index (χ3n) is 4.31. The molecule has 0 fully saturated rings. The van der Waals surface area contributed by atoms with Gasteiger partial charge in [-0.1, -0.05) is 57.9 Å². The van der Waals surface area contributed by atoms with Gasteiger partial charge in [-0.3, -0.25) is 9.59 Å². The number of nitrogens with one attached hydrogen (secondary N) is 1. The van der Waals surface area contributed by atoms with E-state index in [1.54, 1.807) is 47.4 Å². The molecule has 0 radical (unpaired) electrons. The highest BCUT2D eigenvalue weighted by Gasteiger charge is 2.20. The fourth-order valence-electron chi connectivity index (χ4n) is 2.90. The summed E-state index contributed by atoms with van der Waals surface area (Å²) in [5.74, 6) is -0.186. The normalized spacial score (nSPS) is 10.4. The Kier molecular flexibility index (Phi) is 7.49. The van der Waals surface area contributed by atoms with E-state index in [1.807, 2.05) is 37.3 Å². The number of rotatable bonds is 7. The van der Waals surface area contributed by atoms with Crippen molar-refractivity contribution < 1.29 is 14.3 Å². The van der Waals surface area contributed by atoms with E-state index >= 15 is 0 Å². The summed E-state index contributed by atoms with van der Waals surface area (Å²) < 4.78 is 6.32. The zero-order chi connectivity index (χ0) is 21.5. The number of halogens is 2. The highest BCUT2D eigenvalue weighted by Crippen LogP contribution is 2.28. The predicted octanol–water partition coefficient (Wildman–Crippen LogP) is 5.79. The minimum atomic E-state index is -0.392. The van der Waals surface area contributed by atoms with Crippen LogP contribution in [0, 0.1) is 0 Å². The van der Waals surface area contributed by atoms with Crippen molar-refractivity contribution in [2.75, 3.05) is 23.4 Å². The second kappa shape index (κ2) is 10.3. The number of para-hydroxylation sites is 2. The highest BCUT2D eigenvalue weighted by molar-refractivity contribution is 9.10. The summed E-state index contributed by atoms with van der Waals surface area (Å²) >= 11 is 9.43. The Balaban J connectivity index is 1.73. The molecule has 3 rings (SSSR count). The minimum absolute atomic E-state index is 0.198. The molecule has 0 aromatic heterocycles. The first-order chi connectivity index (χ1) is 14.5. The van der Waals surface area contributed by atoms with Gasteiger partial charge in [-0.15, -0.1) is 0 Å². The first-order valence-electron chi connectivity index (χ1n) is 9.33. The van der Waals surface area contributed by atoms with Gasteiger partial charge in [-0.05, 0) is 49.4 Å². The lowest BCUT2D eigenvalue weighted by Gasteiger charge is -2.22. The fourth-order valence-corrected chi connectivity index (χ4v) is 3.63. The Labute approximate surface area is 188 Å². The fraction of sp³-hybridized carbons (Fsp3) is 0.130. The van der Waals surface area contributed by atoms with Gasteiger partial charge in [0.25, 0.3) is 11.8 Å². The molecule has 7 heteroatoms. The molecular formula is C23H20BrClN2O3. The zero-order valence-electron chi connectivity index (χ0n) is 16.3. The van der Waals surface area contributed by atoms with Crippen LogP contribution in [0.25, 0.3) is 0 Å². The summed E-state index contributed by atoms with van der Waals surface area (Å²) in [6.45, 7) is 2.16. The topological polar surface area (TPSA) is 58.6 Å². The smallest absolute Gasteiger partial charge is 0.262 e. The van der Waals surface area contributed by atoms with Crippen LogP contribution >= 0.6 is 27.5 Å². The van der Waals surface area contributed by atoms with Crippen LogP contribution in [0.2, 0.25) is 5.02 Å². The van der Waals surface area contributed by atoms with Gasteiger partial charge in [-0.25, -0.2) is 0 Å². The summed E-state index contributed by atoms with van der Waals surface area (Å²) in [5.41, 5.74) is 1.62. The zero-order valence-corrected chi connectivity index (χ0v) is 18.6. The van der Waals surface area contributed by atoms with Crippen molar-refractivity contribution in [2.24, 2.45) is 0 Å². The summed E-state index contributed by atoms with van der Waals surface area (Å²) in [5, 5.41) is 3.16. The average molecular weight is 488 g/mol. The van der Waals surface area contributed by atoms with E-state index in [2.05, 4.69) is 21.2 Å². The van der Waals surface area contributed by atoms with E-state index in [-0.39, 0.29) is 12.5 Å². The largest absolute Gasteiger partial charge is 0.482 e. The van der Waals surface area contributed by atoms with Crippen LogP contribution in [-0.4, -0.2) is 25.0 Å². The van der Waals surface area contributed by atoms with Gasteiger partial charge >= 0.3 is 0 Å². The molecule has 5 nitrogen and oxygen atoms in total. The van der Waals surface area contributed by atoms with E-state index in [0.29, 0.717) is 28.6 Å². The van der Waals surface area contributed by atoms with Crippen LogP contribution in [0.5, 0.6) is 5.75 Å². The van der Waals surface area contributed by atoms with Crippen LogP contribution in [0.15, 0.2) is 77.3 Å². The number of carbonyl (C=O) groups is 2. The van der Waals surface area contributed by atoms with E-state index in [9.17, 15) is 9.59 Å². The van der Waals surface area contributed by atoms with Gasteiger partial charge in [0, 0.05) is 16.7 Å². The van der Waals surface area contributed by atoms with Gasteiger partial charge < -0.3 is 15.0 Å². The van der Waals surface area contributed by atoms with Gasteiger partial charge in [0.05, 0.1) is 16.3 Å². The average Bonchev–Trinajstić information content (AvgIpc) is 2.75. The number of hydrogen-bond acceptors (Lipinski definition) is 3. The quantitative estimate of drug-likeness (QED) is 0.459. The van der Waals surface area contributed by atoms with Gasteiger partial charge in [0.15, 0.2) is 6.61 Å². The Bertz CT molecular complexity index is 1040. The van der Waals surface area contributed by atoms with Crippen LogP contribution in [0.1, 0.15) is 17.3 Å². The molecule has 3 aromatic rings. The van der Waals surface area contributed by atoms with Crippen molar-refractivity contribution in [1.82, 2.24) is 0 Å². The first-order valence-corrected chi connectivity index (χ1v) is 10.5. The van der Waals surface area contributed by atoms with Crippen molar-refractivity contribution in [1.29, 1.82) is 0 Å². The maximum absolute atomic E-state index is 13.2. The van der Waals surface area contributed by atoms with Crippen LogP contribution < -0.4 is 15.0 Å². The lowest BCUT2D eigenvalue weighted by Crippen LogP contribution is -2.32. The Morgan fingerprint density at radius 2 is 1.73 bits per heavy atom. The van der Waals surface area contributed by atoms with Crippen molar-refractivity contribution in [3.63, 3.8) is 0 Å². The second-order valence-corrected chi connectivity index (χ2v) is 7.67. The Hall–Kier alpha value is -2.83. The molecular weight excluding hydrogens is 468 g/mol. The maximum Gasteiger partial charge on any atom is 0.262 e. The van der Waals surface area contributed by atoms with E-state index in [4.69, 9.17) is 16.3 Å². The van der Waals surface area contributed by atoms with E-state index in [0.717, 1.165) is 10.2 Å². The third kappa shape index (κ3) is 5.40. The number of nitrogens with zero attached hydrogens (tertiary/aromatic N) is 1. The third-order valence-corrected chi connectivity index (χ3v) is 5.10. The molecule has 0 heterocycles. The standard InChI is InChI=1S/C23H20BrClN2O3/c1-2-27(17-8-4-3-5-9-17)23(29)18-10-6-7-11-20(18)26-22(28)15-30-21-13-12-16(24)14-19(21)25/h3-14H,2,15H2,1H3,(H,26,28). The molecule has 0 aliphatic heterocycles. The Morgan fingerprint density at radius 3 is 2.43 bits per heavy atom. The molecule has 0 aliphatic rings. The minimum Gasteiger partial charge on any atom is -0.482 e. The molecule has 1 N–H and O–H groups in total.